The van der Waals surface area contributed by atoms with E-state index in [1.807, 2.05) is 41.5 Å². The van der Waals surface area contributed by atoms with Gasteiger partial charge in [-0.1, -0.05) is 59.7 Å². The van der Waals surface area contributed by atoms with Crippen molar-refractivity contribution in [3.63, 3.8) is 0 Å². The Balaban J connectivity index is 1.47. The highest BCUT2D eigenvalue weighted by molar-refractivity contribution is 6.01. The second-order valence-corrected chi connectivity index (χ2v) is 21.3. The van der Waals surface area contributed by atoms with Crippen molar-refractivity contribution in [2.45, 2.75) is 159 Å². The Kier molecular flexibility index (Phi) is 24.3. The third-order valence-electron chi connectivity index (χ3n) is 15.7. The smallest absolute Gasteiger partial charge is 0.319 e. The van der Waals surface area contributed by atoms with Gasteiger partial charge in [0.2, 0.25) is 0 Å². The van der Waals surface area contributed by atoms with Crippen molar-refractivity contribution in [2.75, 3.05) is 51.7 Å². The molecule has 0 aliphatic carbocycles. The standard InChI is InChI=1S/C66H84N12O12/c1-10-40-46-31-67-61(82)73-52-22-19-37(28-58(79)88-16-7)25-55(52)76-64(85)70-34-49-43(13-4)50-35-71-65(86)77-56-26-38(29-59(80)89-17-8)20-23-53(56)74-62(83)68-32-47(40)42(12-3)48(41(46)11-2)33-69-63(84)75-54-24-21-39(30-60(81)90-18-9)27-57(54)78-66(87)72-36-51(44(49)14-5)45(50)15-6/h19-27H,10-18,28-36H2,1-9H3,(H2,67,73,82)(H2,68,74,83)(H2,69,75,84)(H2,70,76,85)(H2,71,77,86)(H2,72,78,87). The first-order valence-electron chi connectivity index (χ1n) is 30.9. The molecular formula is C66H84N12O12. The van der Waals surface area contributed by atoms with Gasteiger partial charge in [-0.15, -0.1) is 0 Å². The van der Waals surface area contributed by atoms with Crippen molar-refractivity contribution in [3.05, 3.63) is 138 Å². The van der Waals surface area contributed by atoms with Crippen LogP contribution < -0.4 is 63.8 Å². The number of rotatable bonds is 15. The fraction of sp³-hybridized carbons (Fsp3) is 0.409. The van der Waals surface area contributed by atoms with Crippen LogP contribution >= 0.6 is 0 Å². The van der Waals surface area contributed by atoms with Crippen LogP contribution in [0.1, 0.15) is 146 Å². The van der Waals surface area contributed by atoms with Gasteiger partial charge in [0.15, 0.2) is 0 Å². The maximum Gasteiger partial charge on any atom is 0.319 e. The van der Waals surface area contributed by atoms with Gasteiger partial charge in [0.05, 0.1) is 73.2 Å². The number of amides is 12. The topological polar surface area (TPSA) is 326 Å². The molecule has 0 saturated heterocycles. The van der Waals surface area contributed by atoms with Crippen LogP contribution in [0.5, 0.6) is 0 Å². The van der Waals surface area contributed by atoms with Crippen LogP contribution in [-0.2, 0) is 126 Å². The van der Waals surface area contributed by atoms with Gasteiger partial charge in [0.25, 0.3) is 0 Å². The molecular weight excluding hydrogens is 1150 g/mol. The fourth-order valence-electron chi connectivity index (χ4n) is 11.9. The van der Waals surface area contributed by atoms with Crippen LogP contribution in [0.3, 0.4) is 0 Å². The van der Waals surface area contributed by atoms with Crippen LogP contribution in [0.25, 0.3) is 0 Å². The Bertz CT molecular complexity index is 3150. The molecule has 0 radical (unpaired) electrons. The largest absolute Gasteiger partial charge is 0.466 e. The molecule has 0 atom stereocenters. The number of ether oxygens (including phenoxy) is 3. The highest BCUT2D eigenvalue weighted by Crippen LogP contribution is 2.35. The van der Waals surface area contributed by atoms with E-state index in [0.29, 0.717) is 71.9 Å². The first kappa shape index (κ1) is 67.6. The summed E-state index contributed by atoms with van der Waals surface area (Å²) in [6, 6.07) is 10.6. The molecule has 5 aromatic carbocycles. The monoisotopic (exact) mass is 1240 g/mol. The maximum absolute atomic E-state index is 14.5. The third kappa shape index (κ3) is 17.3. The van der Waals surface area contributed by atoms with E-state index in [1.54, 1.807) is 75.4 Å². The second kappa shape index (κ2) is 32.4. The molecule has 3 aliphatic rings. The molecule has 24 heteroatoms. The average Bonchev–Trinajstić information content (AvgIpc) is 0.815. The third-order valence-corrected chi connectivity index (χ3v) is 15.7. The normalized spacial score (nSPS) is 14.1. The number of esters is 3. The summed E-state index contributed by atoms with van der Waals surface area (Å²) in [6.07, 6.45) is 2.25. The minimum atomic E-state index is -0.656. The van der Waals surface area contributed by atoms with Gasteiger partial charge in [-0.3, -0.25) is 14.4 Å². The molecule has 0 saturated carbocycles. The van der Waals surface area contributed by atoms with Crippen LogP contribution in [0.2, 0.25) is 0 Å². The van der Waals surface area contributed by atoms with Crippen LogP contribution in [-0.4, -0.2) is 73.9 Å². The van der Waals surface area contributed by atoms with Crippen molar-refractivity contribution >= 4 is 88.2 Å². The minimum absolute atomic E-state index is 0.0322. The molecule has 12 N–H and O–H groups in total. The summed E-state index contributed by atoms with van der Waals surface area (Å²) in [4.78, 5) is 125. The highest BCUT2D eigenvalue weighted by Gasteiger charge is 2.27. The van der Waals surface area contributed by atoms with Crippen molar-refractivity contribution in [2.24, 2.45) is 0 Å². The SMILES string of the molecule is CCOC(=O)Cc1ccc2c(c1)NC(=O)NCc1c(CC)c3c(CC)c(c1CC)CNC(=O)Nc1cc(CC(=O)OCC)ccc1NC(=O)NCc1c(CC)c(c(CC)c(c1CC)CNC(=O)Nc1ccc(CC(=O)OCC)cc1NC(=O)NC3)CNC(=O)N2. The van der Waals surface area contributed by atoms with E-state index >= 15 is 0 Å². The second-order valence-electron chi connectivity index (χ2n) is 21.3. The van der Waals surface area contributed by atoms with Crippen molar-refractivity contribution in [1.29, 1.82) is 0 Å². The Morgan fingerprint density at radius 2 is 0.489 bits per heavy atom. The fourth-order valence-corrected chi connectivity index (χ4v) is 11.9. The first-order valence-corrected chi connectivity index (χ1v) is 30.9. The van der Waals surface area contributed by atoms with E-state index in [4.69, 9.17) is 14.2 Å². The van der Waals surface area contributed by atoms with Crippen LogP contribution in [0.15, 0.2) is 54.6 Å². The average molecular weight is 1240 g/mol. The van der Waals surface area contributed by atoms with E-state index < -0.39 is 54.1 Å². The van der Waals surface area contributed by atoms with Crippen LogP contribution in [0, 0.1) is 0 Å². The number of urea groups is 6. The number of benzene rings is 5. The van der Waals surface area contributed by atoms with Crippen molar-refractivity contribution in [3.8, 4) is 0 Å². The summed E-state index contributed by atoms with van der Waals surface area (Å²) in [5.74, 6) is -1.48. The summed E-state index contributed by atoms with van der Waals surface area (Å²) >= 11 is 0. The zero-order valence-corrected chi connectivity index (χ0v) is 52.8. The Morgan fingerprint density at radius 3 is 0.667 bits per heavy atom. The molecule has 3 heterocycles. The summed E-state index contributed by atoms with van der Waals surface area (Å²) in [5.41, 5.74) is 11.9. The lowest BCUT2D eigenvalue weighted by molar-refractivity contribution is -0.143. The Morgan fingerprint density at radius 1 is 0.300 bits per heavy atom. The summed E-state index contributed by atoms with van der Waals surface area (Å²) in [5, 5.41) is 35.7. The zero-order valence-electron chi connectivity index (χ0n) is 52.8. The highest BCUT2D eigenvalue weighted by atomic mass is 16.5. The maximum atomic E-state index is 14.5. The number of nitrogens with one attached hydrogen (secondary N) is 12. The number of carbonyl (C=O) groups excluding carboxylic acids is 9. The number of hydrogen-bond donors (Lipinski definition) is 12. The van der Waals surface area contributed by atoms with Gasteiger partial charge < -0.3 is 78.0 Å². The van der Waals surface area contributed by atoms with E-state index in [9.17, 15) is 43.2 Å². The molecule has 0 unspecified atom stereocenters. The minimum Gasteiger partial charge on any atom is -0.466 e. The predicted octanol–water partition coefficient (Wildman–Crippen LogP) is 9.93. The molecule has 6 bridgehead atoms. The van der Waals surface area contributed by atoms with E-state index in [0.717, 1.165) is 50.1 Å². The quantitative estimate of drug-likeness (QED) is 0.0344. The van der Waals surface area contributed by atoms with Gasteiger partial charge >= 0.3 is 54.1 Å². The Hall–Kier alpha value is -9.87. The lowest BCUT2D eigenvalue weighted by Gasteiger charge is -2.27. The lowest BCUT2D eigenvalue weighted by atomic mass is 9.83. The first-order chi connectivity index (χ1) is 43.4. The van der Waals surface area contributed by atoms with Gasteiger partial charge in [0, 0.05) is 39.3 Å². The van der Waals surface area contributed by atoms with Gasteiger partial charge in [-0.05, 0) is 179 Å². The molecule has 5 aromatic rings. The number of carbonyl (C=O) groups is 9. The van der Waals surface area contributed by atoms with Crippen molar-refractivity contribution in [1.82, 2.24) is 31.9 Å². The molecule has 3 aliphatic heterocycles. The summed E-state index contributed by atoms with van der Waals surface area (Å²) < 4.78 is 15.7. The van der Waals surface area contributed by atoms with Crippen LogP contribution in [0.4, 0.5) is 62.9 Å². The van der Waals surface area contributed by atoms with Crippen molar-refractivity contribution < 1.29 is 57.4 Å². The number of fused-ring (bicyclic) bond motifs is 18. The Labute approximate surface area is 524 Å². The molecule has 12 amide bonds. The van der Waals surface area contributed by atoms with Gasteiger partial charge in [0.1, 0.15) is 0 Å². The van der Waals surface area contributed by atoms with E-state index in [-0.39, 0.29) is 112 Å². The summed E-state index contributed by atoms with van der Waals surface area (Å²) in [7, 11) is 0. The van der Waals surface area contributed by atoms with Gasteiger partial charge in [-0.25, -0.2) is 28.8 Å². The zero-order chi connectivity index (χ0) is 65.0. The summed E-state index contributed by atoms with van der Waals surface area (Å²) in [6.45, 7) is 17.1. The molecule has 480 valence electrons. The van der Waals surface area contributed by atoms with E-state index in [1.165, 1.54) is 0 Å². The van der Waals surface area contributed by atoms with E-state index in [2.05, 4.69) is 63.8 Å². The lowest BCUT2D eigenvalue weighted by Crippen LogP contribution is -2.35. The van der Waals surface area contributed by atoms with Gasteiger partial charge in [-0.2, -0.15) is 0 Å². The molecule has 0 fully saturated rings. The molecule has 8 rings (SSSR count). The molecule has 0 spiro atoms. The number of anilines is 6. The predicted molar refractivity (Wildman–Crippen MR) is 345 cm³/mol. The molecule has 90 heavy (non-hydrogen) atoms. The number of hydrogen-bond acceptors (Lipinski definition) is 12. The molecule has 24 nitrogen and oxygen atoms in total. The molecule has 0 aromatic heterocycles.